The predicted molar refractivity (Wildman–Crippen MR) is 78.0 cm³/mol. The summed E-state index contributed by atoms with van der Waals surface area (Å²) in [4.78, 5) is 14.7. The standard InChI is InChI=1S/C13H13Cl2N3O/c1-16-7-8-3-2-4-9(5-8)17-13(19)11-6-10(14)12(15)18-11/h2-6,16,18H,7H2,1H3,(H,17,19). The fourth-order valence-corrected chi connectivity index (χ4v) is 2.00. The van der Waals surface area contributed by atoms with Crippen LogP contribution in [0.5, 0.6) is 0 Å². The number of carbonyl (C=O) groups is 1. The maximum absolute atomic E-state index is 12.0. The molecule has 0 fully saturated rings. The van der Waals surface area contributed by atoms with Gasteiger partial charge in [-0.3, -0.25) is 4.79 Å². The zero-order chi connectivity index (χ0) is 13.8. The largest absolute Gasteiger partial charge is 0.340 e. The minimum absolute atomic E-state index is 0.260. The van der Waals surface area contributed by atoms with Crippen LogP contribution in [-0.4, -0.2) is 17.9 Å². The van der Waals surface area contributed by atoms with Crippen LogP contribution in [0.3, 0.4) is 0 Å². The van der Waals surface area contributed by atoms with Gasteiger partial charge >= 0.3 is 0 Å². The van der Waals surface area contributed by atoms with Gasteiger partial charge in [-0.05, 0) is 30.8 Å². The van der Waals surface area contributed by atoms with Crippen LogP contribution in [-0.2, 0) is 6.54 Å². The van der Waals surface area contributed by atoms with Gasteiger partial charge < -0.3 is 15.6 Å². The SMILES string of the molecule is CNCc1cccc(NC(=O)c2cc(Cl)c(Cl)[nH]2)c1. The molecule has 3 N–H and O–H groups in total. The van der Waals surface area contributed by atoms with E-state index in [4.69, 9.17) is 23.2 Å². The zero-order valence-electron chi connectivity index (χ0n) is 10.3. The van der Waals surface area contributed by atoms with Crippen LogP contribution < -0.4 is 10.6 Å². The van der Waals surface area contributed by atoms with Crippen molar-refractivity contribution in [1.29, 1.82) is 0 Å². The molecule has 4 nitrogen and oxygen atoms in total. The van der Waals surface area contributed by atoms with Crippen LogP contribution in [0.2, 0.25) is 10.2 Å². The second kappa shape index (κ2) is 6.10. The number of amides is 1. The van der Waals surface area contributed by atoms with Gasteiger partial charge in [-0.15, -0.1) is 0 Å². The van der Waals surface area contributed by atoms with Crippen molar-refractivity contribution in [3.63, 3.8) is 0 Å². The normalized spacial score (nSPS) is 10.5. The topological polar surface area (TPSA) is 56.9 Å². The number of aromatic amines is 1. The lowest BCUT2D eigenvalue weighted by Gasteiger charge is -2.06. The molecule has 0 aliphatic rings. The third-order valence-corrected chi connectivity index (χ3v) is 3.23. The monoisotopic (exact) mass is 297 g/mol. The molecule has 0 bridgehead atoms. The molecular weight excluding hydrogens is 285 g/mol. The summed E-state index contributed by atoms with van der Waals surface area (Å²) in [6, 6.07) is 9.09. The number of hydrogen-bond acceptors (Lipinski definition) is 2. The van der Waals surface area contributed by atoms with Crippen molar-refractivity contribution in [2.24, 2.45) is 0 Å². The average molecular weight is 298 g/mol. The van der Waals surface area contributed by atoms with Crippen molar-refractivity contribution in [2.45, 2.75) is 6.54 Å². The number of H-pyrrole nitrogens is 1. The van der Waals surface area contributed by atoms with Crippen molar-refractivity contribution in [3.05, 3.63) is 51.8 Å². The maximum Gasteiger partial charge on any atom is 0.272 e. The van der Waals surface area contributed by atoms with E-state index in [-0.39, 0.29) is 11.1 Å². The predicted octanol–water partition coefficient (Wildman–Crippen LogP) is 3.29. The van der Waals surface area contributed by atoms with Gasteiger partial charge in [0.05, 0.1) is 5.02 Å². The molecule has 100 valence electrons. The molecule has 2 aromatic rings. The highest BCUT2D eigenvalue weighted by molar-refractivity contribution is 6.41. The van der Waals surface area contributed by atoms with E-state index in [0.717, 1.165) is 17.8 Å². The summed E-state index contributed by atoms with van der Waals surface area (Å²) in [6.45, 7) is 0.740. The lowest BCUT2D eigenvalue weighted by molar-refractivity contribution is 0.102. The molecule has 0 aliphatic heterocycles. The summed E-state index contributed by atoms with van der Waals surface area (Å²) in [5, 5.41) is 6.42. The Balaban J connectivity index is 2.12. The first-order valence-corrected chi connectivity index (χ1v) is 6.44. The molecule has 0 saturated heterocycles. The van der Waals surface area contributed by atoms with E-state index in [1.807, 2.05) is 31.3 Å². The number of rotatable bonds is 4. The Morgan fingerprint density at radius 1 is 1.32 bits per heavy atom. The second-order valence-corrected chi connectivity index (χ2v) is 4.81. The molecule has 1 aromatic heterocycles. The summed E-state index contributed by atoms with van der Waals surface area (Å²) in [6.07, 6.45) is 0. The Labute approximate surface area is 121 Å². The summed E-state index contributed by atoms with van der Waals surface area (Å²) >= 11 is 11.6. The van der Waals surface area contributed by atoms with Crippen LogP contribution in [0, 0.1) is 0 Å². The third kappa shape index (κ3) is 3.50. The van der Waals surface area contributed by atoms with Crippen LogP contribution in [0.25, 0.3) is 0 Å². The number of hydrogen-bond donors (Lipinski definition) is 3. The summed E-state index contributed by atoms with van der Waals surface area (Å²) in [5.41, 5.74) is 2.14. The molecule has 19 heavy (non-hydrogen) atoms. The van der Waals surface area contributed by atoms with Gasteiger partial charge in [-0.1, -0.05) is 35.3 Å². The van der Waals surface area contributed by atoms with E-state index in [1.54, 1.807) is 0 Å². The van der Waals surface area contributed by atoms with E-state index < -0.39 is 0 Å². The quantitative estimate of drug-likeness (QED) is 0.811. The zero-order valence-corrected chi connectivity index (χ0v) is 11.8. The van der Waals surface area contributed by atoms with Crippen LogP contribution in [0.1, 0.15) is 16.1 Å². The molecule has 0 spiro atoms. The summed E-state index contributed by atoms with van der Waals surface area (Å²) < 4.78 is 0. The molecule has 0 radical (unpaired) electrons. The van der Waals surface area contributed by atoms with Crippen LogP contribution in [0.4, 0.5) is 5.69 Å². The Morgan fingerprint density at radius 3 is 2.74 bits per heavy atom. The van der Waals surface area contributed by atoms with E-state index in [1.165, 1.54) is 6.07 Å². The van der Waals surface area contributed by atoms with Gasteiger partial charge in [0.15, 0.2) is 0 Å². The Bertz CT molecular complexity index is 576. The highest BCUT2D eigenvalue weighted by Crippen LogP contribution is 2.22. The molecule has 1 heterocycles. The average Bonchev–Trinajstić information content (AvgIpc) is 2.71. The molecule has 0 unspecified atom stereocenters. The van der Waals surface area contributed by atoms with Crippen LogP contribution in [0.15, 0.2) is 30.3 Å². The molecule has 0 saturated carbocycles. The summed E-state index contributed by atoms with van der Waals surface area (Å²) in [5.74, 6) is -0.282. The first-order chi connectivity index (χ1) is 9.10. The molecule has 1 amide bonds. The lowest BCUT2D eigenvalue weighted by Crippen LogP contribution is -2.13. The number of anilines is 1. The van der Waals surface area contributed by atoms with Gasteiger partial charge in [-0.25, -0.2) is 0 Å². The smallest absolute Gasteiger partial charge is 0.272 e. The van der Waals surface area contributed by atoms with Crippen molar-refractivity contribution in [1.82, 2.24) is 10.3 Å². The first kappa shape index (κ1) is 13.9. The highest BCUT2D eigenvalue weighted by atomic mass is 35.5. The van der Waals surface area contributed by atoms with Crippen molar-refractivity contribution in [2.75, 3.05) is 12.4 Å². The number of halogens is 2. The minimum Gasteiger partial charge on any atom is -0.340 e. The summed E-state index contributed by atoms with van der Waals surface area (Å²) in [7, 11) is 1.87. The highest BCUT2D eigenvalue weighted by Gasteiger charge is 2.11. The Kier molecular flexibility index (Phi) is 4.47. The van der Waals surface area contributed by atoms with Crippen LogP contribution >= 0.6 is 23.2 Å². The fourth-order valence-electron chi connectivity index (χ4n) is 1.69. The van der Waals surface area contributed by atoms with E-state index in [2.05, 4.69) is 15.6 Å². The number of benzene rings is 1. The van der Waals surface area contributed by atoms with Gasteiger partial charge in [0.1, 0.15) is 10.8 Å². The molecule has 0 aliphatic carbocycles. The number of aromatic nitrogens is 1. The van der Waals surface area contributed by atoms with E-state index in [9.17, 15) is 4.79 Å². The minimum atomic E-state index is -0.282. The molecule has 6 heteroatoms. The van der Waals surface area contributed by atoms with Gasteiger partial charge in [0.25, 0.3) is 5.91 Å². The maximum atomic E-state index is 12.0. The number of nitrogens with one attached hydrogen (secondary N) is 3. The molecular formula is C13H13Cl2N3O. The van der Waals surface area contributed by atoms with E-state index >= 15 is 0 Å². The Morgan fingerprint density at radius 2 is 2.11 bits per heavy atom. The fraction of sp³-hybridized carbons (Fsp3) is 0.154. The van der Waals surface area contributed by atoms with Crippen molar-refractivity contribution >= 4 is 34.8 Å². The Hall–Kier alpha value is -1.49. The van der Waals surface area contributed by atoms with Gasteiger partial charge in [0.2, 0.25) is 0 Å². The molecule has 1 aromatic carbocycles. The van der Waals surface area contributed by atoms with Gasteiger partial charge in [0, 0.05) is 12.2 Å². The first-order valence-electron chi connectivity index (χ1n) is 5.69. The molecule has 2 rings (SSSR count). The van der Waals surface area contributed by atoms with Crippen molar-refractivity contribution in [3.8, 4) is 0 Å². The van der Waals surface area contributed by atoms with E-state index in [0.29, 0.717) is 10.7 Å². The second-order valence-electron chi connectivity index (χ2n) is 4.03. The number of carbonyl (C=O) groups excluding carboxylic acids is 1. The lowest BCUT2D eigenvalue weighted by atomic mass is 10.2. The molecule has 0 atom stereocenters. The van der Waals surface area contributed by atoms with Crippen molar-refractivity contribution < 1.29 is 4.79 Å². The third-order valence-electron chi connectivity index (χ3n) is 2.54. The van der Waals surface area contributed by atoms with Gasteiger partial charge in [-0.2, -0.15) is 0 Å².